The van der Waals surface area contributed by atoms with E-state index in [1.54, 1.807) is 0 Å². The van der Waals surface area contributed by atoms with Gasteiger partial charge in [-0.25, -0.2) is 0 Å². The van der Waals surface area contributed by atoms with Crippen LogP contribution < -0.4 is 0 Å². The lowest BCUT2D eigenvalue weighted by atomic mass is 9.98. The van der Waals surface area contributed by atoms with Crippen LogP contribution in [0.2, 0.25) is 10.0 Å². The predicted octanol–water partition coefficient (Wildman–Crippen LogP) is 4.81. The summed E-state index contributed by atoms with van der Waals surface area (Å²) >= 11 is 15.7. The Balaban J connectivity index is 2.57. The standard InChI is InChI=1S/C10H9BrCl2/c1-10(2-3-10)9-7(12)4-6(11)5-8(9)13/h4-5H,2-3H2,1H3. The molecule has 13 heavy (non-hydrogen) atoms. The average molecular weight is 280 g/mol. The molecule has 0 heterocycles. The second-order valence-corrected chi connectivity index (χ2v) is 5.54. The fourth-order valence-electron chi connectivity index (χ4n) is 1.56. The van der Waals surface area contributed by atoms with Crippen LogP contribution in [0.25, 0.3) is 0 Å². The van der Waals surface area contributed by atoms with Gasteiger partial charge in [0.2, 0.25) is 0 Å². The molecule has 0 spiro atoms. The Morgan fingerprint density at radius 3 is 2.08 bits per heavy atom. The van der Waals surface area contributed by atoms with Crippen LogP contribution in [-0.4, -0.2) is 0 Å². The molecule has 1 aliphatic rings. The maximum atomic E-state index is 6.14. The Kier molecular flexibility index (Phi) is 2.38. The molecule has 0 saturated heterocycles. The van der Waals surface area contributed by atoms with Crippen LogP contribution in [0, 0.1) is 0 Å². The minimum atomic E-state index is 0.231. The van der Waals surface area contributed by atoms with E-state index in [1.807, 2.05) is 12.1 Å². The highest BCUT2D eigenvalue weighted by molar-refractivity contribution is 9.10. The van der Waals surface area contributed by atoms with Gasteiger partial charge in [0, 0.05) is 14.5 Å². The highest BCUT2D eigenvalue weighted by Crippen LogP contribution is 2.52. The van der Waals surface area contributed by atoms with Crippen LogP contribution in [0.15, 0.2) is 16.6 Å². The molecule has 0 bridgehead atoms. The zero-order valence-electron chi connectivity index (χ0n) is 7.20. The quantitative estimate of drug-likeness (QED) is 0.692. The first kappa shape index (κ1) is 9.82. The normalized spacial score (nSPS) is 18.8. The van der Waals surface area contributed by atoms with E-state index < -0.39 is 0 Å². The SMILES string of the molecule is CC1(c2c(Cl)cc(Br)cc2Cl)CC1. The molecule has 2 rings (SSSR count). The first-order valence-electron chi connectivity index (χ1n) is 4.18. The van der Waals surface area contributed by atoms with Gasteiger partial charge in [0.05, 0.1) is 0 Å². The molecular weight excluding hydrogens is 271 g/mol. The van der Waals surface area contributed by atoms with Crippen molar-refractivity contribution in [3.8, 4) is 0 Å². The minimum absolute atomic E-state index is 0.231. The van der Waals surface area contributed by atoms with Gasteiger partial charge >= 0.3 is 0 Å². The summed E-state index contributed by atoms with van der Waals surface area (Å²) in [5.74, 6) is 0. The Morgan fingerprint density at radius 2 is 1.69 bits per heavy atom. The average Bonchev–Trinajstić information content (AvgIpc) is 2.65. The molecule has 1 saturated carbocycles. The maximum Gasteiger partial charge on any atom is 0.0469 e. The summed E-state index contributed by atoms with van der Waals surface area (Å²) < 4.78 is 0.940. The fraction of sp³-hybridized carbons (Fsp3) is 0.400. The molecule has 70 valence electrons. The Morgan fingerprint density at radius 1 is 1.23 bits per heavy atom. The molecule has 1 aromatic carbocycles. The lowest BCUT2D eigenvalue weighted by Crippen LogP contribution is -2.01. The predicted molar refractivity (Wildman–Crippen MR) is 60.7 cm³/mol. The lowest BCUT2D eigenvalue weighted by molar-refractivity contribution is 0.788. The second kappa shape index (κ2) is 3.15. The summed E-state index contributed by atoms with van der Waals surface area (Å²) in [6.07, 6.45) is 2.38. The summed E-state index contributed by atoms with van der Waals surface area (Å²) in [6, 6.07) is 3.82. The van der Waals surface area contributed by atoms with Crippen molar-refractivity contribution < 1.29 is 0 Å². The molecule has 0 aliphatic heterocycles. The van der Waals surface area contributed by atoms with Gasteiger partial charge in [-0.2, -0.15) is 0 Å². The van der Waals surface area contributed by atoms with E-state index >= 15 is 0 Å². The molecule has 0 aromatic heterocycles. The van der Waals surface area contributed by atoms with Crippen LogP contribution in [0.3, 0.4) is 0 Å². The number of hydrogen-bond acceptors (Lipinski definition) is 0. The lowest BCUT2D eigenvalue weighted by Gasteiger charge is -2.13. The van der Waals surface area contributed by atoms with Crippen molar-refractivity contribution in [2.45, 2.75) is 25.2 Å². The second-order valence-electron chi connectivity index (χ2n) is 3.81. The first-order valence-corrected chi connectivity index (χ1v) is 5.73. The monoisotopic (exact) mass is 278 g/mol. The van der Waals surface area contributed by atoms with Crippen LogP contribution in [-0.2, 0) is 5.41 Å². The van der Waals surface area contributed by atoms with E-state index in [1.165, 1.54) is 12.8 Å². The molecule has 0 radical (unpaired) electrons. The van der Waals surface area contributed by atoms with Crippen molar-refractivity contribution in [1.29, 1.82) is 0 Å². The zero-order valence-corrected chi connectivity index (χ0v) is 10.3. The molecule has 0 nitrogen and oxygen atoms in total. The van der Waals surface area contributed by atoms with Gasteiger partial charge in [-0.1, -0.05) is 46.1 Å². The van der Waals surface area contributed by atoms with Crippen molar-refractivity contribution in [3.63, 3.8) is 0 Å². The Labute approximate surface area is 96.4 Å². The van der Waals surface area contributed by atoms with E-state index in [-0.39, 0.29) is 5.41 Å². The van der Waals surface area contributed by atoms with Gasteiger partial charge in [0.1, 0.15) is 0 Å². The van der Waals surface area contributed by atoms with E-state index in [0.29, 0.717) is 0 Å². The highest BCUT2D eigenvalue weighted by Gasteiger charge is 2.42. The third kappa shape index (κ3) is 1.74. The summed E-state index contributed by atoms with van der Waals surface area (Å²) in [6.45, 7) is 2.20. The number of hydrogen-bond donors (Lipinski definition) is 0. The number of halogens is 3. The third-order valence-electron chi connectivity index (χ3n) is 2.61. The Hall–Kier alpha value is 0.280. The van der Waals surface area contributed by atoms with Gasteiger partial charge < -0.3 is 0 Å². The molecule has 0 atom stereocenters. The molecule has 0 N–H and O–H groups in total. The summed E-state index contributed by atoms with van der Waals surface area (Å²) in [5.41, 5.74) is 1.34. The van der Waals surface area contributed by atoms with Crippen molar-refractivity contribution in [2.75, 3.05) is 0 Å². The van der Waals surface area contributed by atoms with Crippen LogP contribution >= 0.6 is 39.1 Å². The molecule has 1 fully saturated rings. The molecular formula is C10H9BrCl2. The number of rotatable bonds is 1. The molecule has 1 aromatic rings. The van der Waals surface area contributed by atoms with E-state index in [2.05, 4.69) is 22.9 Å². The smallest absolute Gasteiger partial charge is 0.0469 e. The van der Waals surface area contributed by atoms with E-state index in [0.717, 1.165) is 20.1 Å². The molecule has 0 amide bonds. The van der Waals surface area contributed by atoms with E-state index in [4.69, 9.17) is 23.2 Å². The van der Waals surface area contributed by atoms with Crippen molar-refractivity contribution in [2.24, 2.45) is 0 Å². The van der Waals surface area contributed by atoms with Gasteiger partial charge in [-0.3, -0.25) is 0 Å². The van der Waals surface area contributed by atoms with Gasteiger partial charge in [0.15, 0.2) is 0 Å². The van der Waals surface area contributed by atoms with Crippen molar-refractivity contribution in [3.05, 3.63) is 32.2 Å². The van der Waals surface area contributed by atoms with Crippen LogP contribution in [0.5, 0.6) is 0 Å². The zero-order chi connectivity index (χ0) is 9.64. The topological polar surface area (TPSA) is 0 Å². The minimum Gasteiger partial charge on any atom is -0.0839 e. The largest absolute Gasteiger partial charge is 0.0839 e. The number of benzene rings is 1. The van der Waals surface area contributed by atoms with Crippen molar-refractivity contribution in [1.82, 2.24) is 0 Å². The van der Waals surface area contributed by atoms with Gasteiger partial charge in [0.25, 0.3) is 0 Å². The molecule has 0 unspecified atom stereocenters. The van der Waals surface area contributed by atoms with E-state index in [9.17, 15) is 0 Å². The highest BCUT2D eigenvalue weighted by atomic mass is 79.9. The first-order chi connectivity index (χ1) is 6.03. The maximum absolute atomic E-state index is 6.14. The summed E-state index contributed by atoms with van der Waals surface area (Å²) in [4.78, 5) is 0. The van der Waals surface area contributed by atoms with Gasteiger partial charge in [-0.15, -0.1) is 0 Å². The molecule has 1 aliphatic carbocycles. The van der Waals surface area contributed by atoms with Gasteiger partial charge in [-0.05, 0) is 36.0 Å². The van der Waals surface area contributed by atoms with Crippen LogP contribution in [0.1, 0.15) is 25.3 Å². The molecule has 3 heteroatoms. The third-order valence-corrected chi connectivity index (χ3v) is 3.66. The van der Waals surface area contributed by atoms with Crippen LogP contribution in [0.4, 0.5) is 0 Å². The summed E-state index contributed by atoms with van der Waals surface area (Å²) in [7, 11) is 0. The fourth-order valence-corrected chi connectivity index (χ4v) is 3.22. The summed E-state index contributed by atoms with van der Waals surface area (Å²) in [5, 5.41) is 1.55. The van der Waals surface area contributed by atoms with Crippen molar-refractivity contribution >= 4 is 39.1 Å². The Bertz CT molecular complexity index is 333.